The Morgan fingerprint density at radius 2 is 1.63 bits per heavy atom. The summed E-state index contributed by atoms with van der Waals surface area (Å²) in [5.41, 5.74) is 4.85. The van der Waals surface area contributed by atoms with Gasteiger partial charge in [0.25, 0.3) is 0 Å². The molecular formula is C26H24NO3+. The number of aryl methyl sites for hydroxylation is 2. The van der Waals surface area contributed by atoms with Crippen molar-refractivity contribution in [1.29, 1.82) is 0 Å². The molecule has 0 saturated heterocycles. The van der Waals surface area contributed by atoms with Crippen LogP contribution in [0.4, 0.5) is 0 Å². The van der Waals surface area contributed by atoms with Gasteiger partial charge in [0.05, 0.1) is 19.8 Å². The minimum atomic E-state index is 0.569. The SMILES string of the molecule is COc1cc2c(cc1OC)-c1cc3ccc(OCc4ccccc4)cc3c[n+]1CC2. The van der Waals surface area contributed by atoms with Gasteiger partial charge in [0.2, 0.25) is 5.69 Å². The van der Waals surface area contributed by atoms with Gasteiger partial charge in [0.15, 0.2) is 24.2 Å². The summed E-state index contributed by atoms with van der Waals surface area (Å²) < 4.78 is 19.3. The Kier molecular flexibility index (Phi) is 4.75. The Labute approximate surface area is 176 Å². The molecule has 1 aliphatic heterocycles. The number of hydrogen-bond acceptors (Lipinski definition) is 3. The number of hydrogen-bond donors (Lipinski definition) is 0. The standard InChI is InChI=1S/C26H24NO3/c1-28-25-14-20-10-11-27-16-21-12-22(30-17-18-6-4-3-5-7-18)9-8-19(21)13-24(27)23(20)15-26(25)29-2/h3-9,12-16H,10-11,17H2,1-2H3/q+1. The molecule has 0 fully saturated rings. The van der Waals surface area contributed by atoms with Crippen molar-refractivity contribution in [1.82, 2.24) is 0 Å². The van der Waals surface area contributed by atoms with Crippen molar-refractivity contribution in [3.63, 3.8) is 0 Å². The van der Waals surface area contributed by atoms with Crippen molar-refractivity contribution in [2.75, 3.05) is 14.2 Å². The van der Waals surface area contributed by atoms with Crippen LogP contribution in [0, 0.1) is 0 Å². The number of nitrogens with zero attached hydrogens (tertiary/aromatic N) is 1. The molecule has 0 bridgehead atoms. The van der Waals surface area contributed by atoms with E-state index in [0.29, 0.717) is 6.61 Å². The summed E-state index contributed by atoms with van der Waals surface area (Å²) in [5.74, 6) is 2.43. The van der Waals surface area contributed by atoms with Gasteiger partial charge in [-0.1, -0.05) is 36.4 Å². The quantitative estimate of drug-likeness (QED) is 0.446. The fraction of sp³-hybridized carbons (Fsp3) is 0.192. The molecular weight excluding hydrogens is 374 g/mol. The molecule has 0 atom stereocenters. The second-order valence-electron chi connectivity index (χ2n) is 7.53. The molecule has 1 aliphatic rings. The first-order valence-corrected chi connectivity index (χ1v) is 10.1. The van der Waals surface area contributed by atoms with Crippen LogP contribution in [-0.4, -0.2) is 14.2 Å². The summed E-state index contributed by atoms with van der Waals surface area (Å²) in [6, 6.07) is 23.0. The highest BCUT2D eigenvalue weighted by molar-refractivity contribution is 5.86. The molecule has 0 amide bonds. The van der Waals surface area contributed by atoms with Crippen LogP contribution in [0.2, 0.25) is 0 Å². The lowest BCUT2D eigenvalue weighted by atomic mass is 9.95. The number of fused-ring (bicyclic) bond motifs is 4. The van der Waals surface area contributed by atoms with Crippen LogP contribution in [0.25, 0.3) is 22.0 Å². The minimum Gasteiger partial charge on any atom is -0.493 e. The number of ether oxygens (including phenoxy) is 3. The van der Waals surface area contributed by atoms with Crippen LogP contribution in [0.15, 0.2) is 72.9 Å². The van der Waals surface area contributed by atoms with Crippen molar-refractivity contribution in [2.45, 2.75) is 19.6 Å². The fourth-order valence-corrected chi connectivity index (χ4v) is 4.12. The van der Waals surface area contributed by atoms with Crippen molar-refractivity contribution < 1.29 is 18.8 Å². The molecule has 0 radical (unpaired) electrons. The zero-order chi connectivity index (χ0) is 20.5. The molecule has 0 N–H and O–H groups in total. The van der Waals surface area contributed by atoms with E-state index in [-0.39, 0.29) is 0 Å². The number of rotatable bonds is 5. The highest BCUT2D eigenvalue weighted by Crippen LogP contribution is 2.37. The summed E-state index contributed by atoms with van der Waals surface area (Å²) in [6.45, 7) is 1.50. The molecule has 30 heavy (non-hydrogen) atoms. The average Bonchev–Trinajstić information content (AvgIpc) is 2.81. The van der Waals surface area contributed by atoms with E-state index in [4.69, 9.17) is 14.2 Å². The van der Waals surface area contributed by atoms with E-state index in [2.05, 4.69) is 53.2 Å². The molecule has 3 aromatic carbocycles. The highest BCUT2D eigenvalue weighted by atomic mass is 16.5. The Hall–Kier alpha value is -3.53. The maximum absolute atomic E-state index is 6.02. The van der Waals surface area contributed by atoms with Gasteiger partial charge in [0.1, 0.15) is 12.4 Å². The van der Waals surface area contributed by atoms with E-state index in [1.165, 1.54) is 33.2 Å². The minimum absolute atomic E-state index is 0.569. The summed E-state index contributed by atoms with van der Waals surface area (Å²) in [5, 5.41) is 2.36. The van der Waals surface area contributed by atoms with Crippen molar-refractivity contribution >= 4 is 10.8 Å². The van der Waals surface area contributed by atoms with Gasteiger partial charge in [-0.05, 0) is 40.8 Å². The topological polar surface area (TPSA) is 31.6 Å². The zero-order valence-corrected chi connectivity index (χ0v) is 17.2. The Morgan fingerprint density at radius 1 is 0.833 bits per heavy atom. The molecule has 0 saturated carbocycles. The summed E-state index contributed by atoms with van der Waals surface area (Å²) in [4.78, 5) is 0. The molecule has 5 rings (SSSR count). The number of benzene rings is 3. The molecule has 1 aromatic heterocycles. The second-order valence-corrected chi connectivity index (χ2v) is 7.53. The monoisotopic (exact) mass is 398 g/mol. The lowest BCUT2D eigenvalue weighted by Gasteiger charge is -2.18. The lowest BCUT2D eigenvalue weighted by molar-refractivity contribution is -0.686. The van der Waals surface area contributed by atoms with Crippen molar-refractivity contribution in [3.05, 3.63) is 84.1 Å². The third-order valence-corrected chi connectivity index (χ3v) is 5.71. The first-order chi connectivity index (χ1) is 14.7. The summed E-state index contributed by atoms with van der Waals surface area (Å²) >= 11 is 0. The largest absolute Gasteiger partial charge is 0.493 e. The normalized spacial score (nSPS) is 12.2. The van der Waals surface area contributed by atoms with Crippen LogP contribution in [0.1, 0.15) is 11.1 Å². The molecule has 2 heterocycles. The molecule has 4 nitrogen and oxygen atoms in total. The third-order valence-electron chi connectivity index (χ3n) is 5.71. The molecule has 4 aromatic rings. The molecule has 0 aliphatic carbocycles. The van der Waals surface area contributed by atoms with Crippen LogP contribution in [0.5, 0.6) is 17.2 Å². The smallest absolute Gasteiger partial charge is 0.213 e. The average molecular weight is 398 g/mol. The zero-order valence-electron chi connectivity index (χ0n) is 17.2. The van der Waals surface area contributed by atoms with E-state index in [9.17, 15) is 0 Å². The molecule has 4 heteroatoms. The molecule has 0 unspecified atom stereocenters. The Balaban J connectivity index is 1.50. The summed E-state index contributed by atoms with van der Waals surface area (Å²) in [7, 11) is 3.36. The maximum atomic E-state index is 6.02. The van der Waals surface area contributed by atoms with Gasteiger partial charge in [-0.15, -0.1) is 0 Å². The first-order valence-electron chi connectivity index (χ1n) is 10.1. The van der Waals surface area contributed by atoms with Gasteiger partial charge in [-0.3, -0.25) is 0 Å². The van der Waals surface area contributed by atoms with Crippen LogP contribution in [0.3, 0.4) is 0 Å². The third kappa shape index (κ3) is 3.35. The van der Waals surface area contributed by atoms with E-state index >= 15 is 0 Å². The van der Waals surface area contributed by atoms with E-state index in [1.54, 1.807) is 14.2 Å². The number of aromatic nitrogens is 1. The second kappa shape index (κ2) is 7.71. The van der Waals surface area contributed by atoms with Crippen LogP contribution in [-0.2, 0) is 19.6 Å². The van der Waals surface area contributed by atoms with Gasteiger partial charge < -0.3 is 14.2 Å². The maximum Gasteiger partial charge on any atom is 0.213 e. The Morgan fingerprint density at radius 3 is 2.43 bits per heavy atom. The fourth-order valence-electron chi connectivity index (χ4n) is 4.12. The van der Waals surface area contributed by atoms with Gasteiger partial charge in [-0.25, -0.2) is 0 Å². The highest BCUT2D eigenvalue weighted by Gasteiger charge is 2.25. The van der Waals surface area contributed by atoms with Gasteiger partial charge in [-0.2, -0.15) is 4.57 Å². The van der Waals surface area contributed by atoms with Crippen molar-refractivity contribution in [3.8, 4) is 28.5 Å². The van der Waals surface area contributed by atoms with Gasteiger partial charge in [0, 0.05) is 17.9 Å². The predicted molar refractivity (Wildman–Crippen MR) is 117 cm³/mol. The van der Waals surface area contributed by atoms with Crippen molar-refractivity contribution in [2.24, 2.45) is 0 Å². The molecule has 150 valence electrons. The first kappa shape index (κ1) is 18.5. The van der Waals surface area contributed by atoms with E-state index < -0.39 is 0 Å². The predicted octanol–water partition coefficient (Wildman–Crippen LogP) is 4.95. The van der Waals surface area contributed by atoms with Gasteiger partial charge >= 0.3 is 0 Å². The van der Waals surface area contributed by atoms with E-state index in [1.807, 2.05) is 24.3 Å². The Bertz CT molecular complexity index is 1220. The number of pyridine rings is 1. The number of methoxy groups -OCH3 is 2. The van der Waals surface area contributed by atoms with Crippen LogP contribution >= 0.6 is 0 Å². The van der Waals surface area contributed by atoms with E-state index in [0.717, 1.165) is 30.2 Å². The van der Waals surface area contributed by atoms with Crippen LogP contribution < -0.4 is 18.8 Å². The molecule has 0 spiro atoms. The lowest BCUT2D eigenvalue weighted by Crippen LogP contribution is -2.40. The summed E-state index contributed by atoms with van der Waals surface area (Å²) in [6.07, 6.45) is 3.18.